The molecule has 0 aromatic heterocycles. The van der Waals surface area contributed by atoms with Crippen molar-refractivity contribution in [1.29, 1.82) is 0 Å². The Balaban J connectivity index is 2.66. The summed E-state index contributed by atoms with van der Waals surface area (Å²) in [4.78, 5) is 11.8. The molecule has 0 saturated heterocycles. The van der Waals surface area contributed by atoms with E-state index < -0.39 is 11.9 Å². The molecule has 112 valence electrons. The van der Waals surface area contributed by atoms with Gasteiger partial charge in [0.1, 0.15) is 0 Å². The number of ether oxygens (including phenoxy) is 1. The predicted octanol–water partition coefficient (Wildman–Crippen LogP) is 2.38. The number of hydrogen-bond donors (Lipinski definition) is 2. The predicted molar refractivity (Wildman–Crippen MR) is 76.9 cm³/mol. The highest BCUT2D eigenvalue weighted by molar-refractivity contribution is 5.80. The lowest BCUT2D eigenvalue weighted by atomic mass is 10.1. The summed E-state index contributed by atoms with van der Waals surface area (Å²) in [7, 11) is 0. The summed E-state index contributed by atoms with van der Waals surface area (Å²) in [5.41, 5.74) is 6.37. The third-order valence-electron chi connectivity index (χ3n) is 2.84. The summed E-state index contributed by atoms with van der Waals surface area (Å²) in [6.45, 7) is 7.93. The zero-order valence-electron chi connectivity index (χ0n) is 12.4. The van der Waals surface area contributed by atoms with Crippen molar-refractivity contribution in [3.05, 3.63) is 29.6 Å². The van der Waals surface area contributed by atoms with Gasteiger partial charge in [0.2, 0.25) is 0 Å². The molecule has 1 aromatic carbocycles. The van der Waals surface area contributed by atoms with Crippen molar-refractivity contribution in [2.45, 2.75) is 39.8 Å². The zero-order valence-corrected chi connectivity index (χ0v) is 12.4. The van der Waals surface area contributed by atoms with Gasteiger partial charge in [-0.2, -0.15) is 0 Å². The first-order chi connectivity index (χ1) is 9.31. The number of amides is 1. The molecule has 0 radical (unpaired) electrons. The van der Waals surface area contributed by atoms with Gasteiger partial charge in [-0.1, -0.05) is 19.9 Å². The summed E-state index contributed by atoms with van der Waals surface area (Å²) in [5, 5.41) is 2.74. The maximum absolute atomic E-state index is 13.8. The number of benzene rings is 1. The molecule has 3 N–H and O–H groups in total. The third-order valence-corrected chi connectivity index (χ3v) is 2.84. The van der Waals surface area contributed by atoms with Crippen LogP contribution in [0, 0.1) is 11.7 Å². The number of halogens is 1. The van der Waals surface area contributed by atoms with Gasteiger partial charge in [0, 0.05) is 12.6 Å². The van der Waals surface area contributed by atoms with E-state index in [1.165, 1.54) is 12.1 Å². The maximum atomic E-state index is 13.8. The van der Waals surface area contributed by atoms with Gasteiger partial charge in [-0.15, -0.1) is 0 Å². The molecule has 2 atom stereocenters. The van der Waals surface area contributed by atoms with E-state index in [0.29, 0.717) is 18.0 Å². The lowest BCUT2D eigenvalue weighted by Crippen LogP contribution is -2.38. The van der Waals surface area contributed by atoms with Gasteiger partial charge in [0.25, 0.3) is 5.91 Å². The second kappa shape index (κ2) is 7.24. The largest absolute Gasteiger partial charge is 0.478 e. The molecule has 0 aliphatic carbocycles. The fourth-order valence-corrected chi connectivity index (χ4v) is 1.59. The molecule has 0 spiro atoms. The summed E-state index contributed by atoms with van der Waals surface area (Å²) in [5.74, 6) is -0.354. The van der Waals surface area contributed by atoms with Crippen LogP contribution in [0.3, 0.4) is 0 Å². The van der Waals surface area contributed by atoms with Crippen molar-refractivity contribution in [3.63, 3.8) is 0 Å². The maximum Gasteiger partial charge on any atom is 0.260 e. The molecule has 20 heavy (non-hydrogen) atoms. The van der Waals surface area contributed by atoms with Crippen LogP contribution < -0.4 is 15.8 Å². The van der Waals surface area contributed by atoms with Crippen LogP contribution in [0.4, 0.5) is 4.39 Å². The highest BCUT2D eigenvalue weighted by Gasteiger charge is 2.17. The quantitative estimate of drug-likeness (QED) is 0.842. The van der Waals surface area contributed by atoms with Gasteiger partial charge in [0.15, 0.2) is 17.7 Å². The zero-order chi connectivity index (χ0) is 15.3. The van der Waals surface area contributed by atoms with E-state index in [9.17, 15) is 9.18 Å². The van der Waals surface area contributed by atoms with E-state index in [1.807, 2.05) is 13.8 Å². The molecular weight excluding hydrogens is 259 g/mol. The van der Waals surface area contributed by atoms with Crippen LogP contribution in [0.1, 0.15) is 39.3 Å². The Labute approximate surface area is 119 Å². The number of hydrogen-bond acceptors (Lipinski definition) is 3. The highest BCUT2D eigenvalue weighted by atomic mass is 19.1. The Morgan fingerprint density at radius 1 is 1.35 bits per heavy atom. The third kappa shape index (κ3) is 4.81. The van der Waals surface area contributed by atoms with Crippen molar-refractivity contribution in [1.82, 2.24) is 5.32 Å². The van der Waals surface area contributed by atoms with Gasteiger partial charge < -0.3 is 15.8 Å². The van der Waals surface area contributed by atoms with Gasteiger partial charge in [-0.25, -0.2) is 4.39 Å². The minimum absolute atomic E-state index is 0.0570. The first-order valence-electron chi connectivity index (χ1n) is 6.80. The Kier molecular flexibility index (Phi) is 5.95. The first kappa shape index (κ1) is 16.4. The number of nitrogens with two attached hydrogens (primary N) is 1. The topological polar surface area (TPSA) is 64.3 Å². The average molecular weight is 282 g/mol. The van der Waals surface area contributed by atoms with Crippen LogP contribution >= 0.6 is 0 Å². The Hall–Kier alpha value is -1.62. The summed E-state index contributed by atoms with van der Waals surface area (Å²) < 4.78 is 19.2. The van der Waals surface area contributed by atoms with E-state index in [2.05, 4.69) is 5.32 Å². The molecular formula is C15H23FN2O2. The van der Waals surface area contributed by atoms with Gasteiger partial charge in [0.05, 0.1) is 0 Å². The Bertz CT molecular complexity index is 461. The van der Waals surface area contributed by atoms with Crippen molar-refractivity contribution in [2.75, 3.05) is 6.54 Å². The van der Waals surface area contributed by atoms with Crippen LogP contribution in [0.5, 0.6) is 5.75 Å². The molecule has 0 heterocycles. The fourth-order valence-electron chi connectivity index (χ4n) is 1.59. The van der Waals surface area contributed by atoms with Gasteiger partial charge in [-0.05, 0) is 37.5 Å². The number of carbonyl (C=O) groups excluding carboxylic acids is 1. The van der Waals surface area contributed by atoms with E-state index in [-0.39, 0.29) is 17.7 Å². The second-order valence-electron chi connectivity index (χ2n) is 5.38. The van der Waals surface area contributed by atoms with Crippen molar-refractivity contribution in [2.24, 2.45) is 11.7 Å². The molecule has 1 amide bonds. The lowest BCUT2D eigenvalue weighted by molar-refractivity contribution is -0.127. The van der Waals surface area contributed by atoms with Crippen LogP contribution in [0.25, 0.3) is 0 Å². The summed E-state index contributed by atoms with van der Waals surface area (Å²) in [6, 6.07) is 4.28. The van der Waals surface area contributed by atoms with Gasteiger partial charge in [-0.3, -0.25) is 4.79 Å². The van der Waals surface area contributed by atoms with Crippen LogP contribution in [-0.2, 0) is 4.79 Å². The number of nitrogens with one attached hydrogen (secondary N) is 1. The van der Waals surface area contributed by atoms with Gasteiger partial charge >= 0.3 is 0 Å². The fraction of sp³-hybridized carbons (Fsp3) is 0.533. The van der Waals surface area contributed by atoms with E-state index in [4.69, 9.17) is 10.5 Å². The van der Waals surface area contributed by atoms with Crippen molar-refractivity contribution < 1.29 is 13.9 Å². The van der Waals surface area contributed by atoms with E-state index >= 15 is 0 Å². The van der Waals surface area contributed by atoms with E-state index in [0.717, 1.165) is 0 Å². The molecule has 1 aromatic rings. The van der Waals surface area contributed by atoms with Crippen LogP contribution in [-0.4, -0.2) is 18.6 Å². The van der Waals surface area contributed by atoms with Crippen molar-refractivity contribution in [3.8, 4) is 5.75 Å². The SMILES string of the molecule is CC(C)CNC(=O)C(C)Oc1ccc(C(C)N)cc1F. The molecule has 4 nitrogen and oxygen atoms in total. The van der Waals surface area contributed by atoms with Crippen molar-refractivity contribution >= 4 is 5.91 Å². The lowest BCUT2D eigenvalue weighted by Gasteiger charge is -2.16. The monoisotopic (exact) mass is 282 g/mol. The molecule has 1 rings (SSSR count). The first-order valence-corrected chi connectivity index (χ1v) is 6.80. The normalized spacial score (nSPS) is 13.9. The number of rotatable bonds is 6. The minimum atomic E-state index is -0.746. The molecule has 0 bridgehead atoms. The Morgan fingerprint density at radius 3 is 2.50 bits per heavy atom. The number of carbonyl (C=O) groups is 1. The van der Waals surface area contributed by atoms with E-state index in [1.54, 1.807) is 19.9 Å². The summed E-state index contributed by atoms with van der Waals surface area (Å²) in [6.07, 6.45) is -0.746. The molecule has 0 aliphatic rings. The molecule has 0 saturated carbocycles. The molecule has 0 aliphatic heterocycles. The van der Waals surface area contributed by atoms with Crippen LogP contribution in [0.2, 0.25) is 0 Å². The highest BCUT2D eigenvalue weighted by Crippen LogP contribution is 2.22. The molecule has 0 fully saturated rings. The molecule has 2 unspecified atom stereocenters. The standard InChI is InChI=1S/C15H23FN2O2/c1-9(2)8-18-15(19)11(4)20-14-6-5-12(10(3)17)7-13(14)16/h5-7,9-11H,8,17H2,1-4H3,(H,18,19). The van der Waals surface area contributed by atoms with Crippen LogP contribution in [0.15, 0.2) is 18.2 Å². The molecule has 5 heteroatoms. The Morgan fingerprint density at radius 2 is 2.00 bits per heavy atom. The minimum Gasteiger partial charge on any atom is -0.478 e. The average Bonchev–Trinajstić information content (AvgIpc) is 2.37. The second-order valence-corrected chi connectivity index (χ2v) is 5.38. The summed E-state index contributed by atoms with van der Waals surface area (Å²) >= 11 is 0. The smallest absolute Gasteiger partial charge is 0.260 e.